The molecule has 0 fully saturated rings. The highest BCUT2D eigenvalue weighted by Gasteiger charge is 2.21. The van der Waals surface area contributed by atoms with Crippen LogP contribution in [0, 0.1) is 0 Å². The molecular formula is C11H14FNO. The summed E-state index contributed by atoms with van der Waals surface area (Å²) in [6.07, 6.45) is 0. The highest BCUT2D eigenvalue weighted by Crippen LogP contribution is 2.33. The van der Waals surface area contributed by atoms with E-state index in [0.29, 0.717) is 12.2 Å². The van der Waals surface area contributed by atoms with Gasteiger partial charge in [0.25, 0.3) is 0 Å². The molecule has 0 aliphatic carbocycles. The third-order valence-corrected chi connectivity index (χ3v) is 2.34. The van der Waals surface area contributed by atoms with Crippen LogP contribution >= 0.6 is 0 Å². The Labute approximate surface area is 83.1 Å². The lowest BCUT2D eigenvalue weighted by Crippen LogP contribution is -2.19. The Morgan fingerprint density at radius 3 is 2.93 bits per heavy atom. The van der Waals surface area contributed by atoms with Gasteiger partial charge < -0.3 is 10.1 Å². The first-order valence-electron chi connectivity index (χ1n) is 4.77. The molecule has 0 atom stereocenters. The fourth-order valence-corrected chi connectivity index (χ4v) is 1.50. The molecule has 1 aliphatic rings. The number of nitrogens with one attached hydrogen (secondary N) is 1. The Hall–Kier alpha value is -1.25. The van der Waals surface area contributed by atoms with Crippen LogP contribution in [0.4, 0.5) is 10.1 Å². The fourth-order valence-electron chi connectivity index (χ4n) is 1.50. The molecule has 0 unspecified atom stereocenters. The van der Waals surface area contributed by atoms with Crippen molar-refractivity contribution in [3.8, 4) is 5.75 Å². The van der Waals surface area contributed by atoms with Crippen molar-refractivity contribution in [2.75, 3.05) is 18.5 Å². The Bertz CT molecular complexity index is 344. The van der Waals surface area contributed by atoms with E-state index in [1.165, 1.54) is 0 Å². The molecule has 0 saturated heterocycles. The van der Waals surface area contributed by atoms with E-state index < -0.39 is 5.67 Å². The van der Waals surface area contributed by atoms with Gasteiger partial charge in [-0.2, -0.15) is 0 Å². The molecule has 1 aromatic rings. The van der Waals surface area contributed by atoms with Crippen molar-refractivity contribution in [3.63, 3.8) is 0 Å². The number of benzene rings is 1. The first kappa shape index (κ1) is 9.31. The summed E-state index contributed by atoms with van der Waals surface area (Å²) in [7, 11) is 0. The van der Waals surface area contributed by atoms with Gasteiger partial charge in [-0.05, 0) is 31.5 Å². The summed E-state index contributed by atoms with van der Waals surface area (Å²) >= 11 is 0. The van der Waals surface area contributed by atoms with E-state index in [4.69, 9.17) is 4.74 Å². The average molecular weight is 195 g/mol. The van der Waals surface area contributed by atoms with Crippen molar-refractivity contribution in [1.29, 1.82) is 0 Å². The third kappa shape index (κ3) is 1.67. The van der Waals surface area contributed by atoms with Gasteiger partial charge in [0.15, 0.2) is 0 Å². The maximum Gasteiger partial charge on any atom is 0.142 e. The van der Waals surface area contributed by atoms with Crippen LogP contribution in [0.5, 0.6) is 5.75 Å². The standard InChI is InChI=1S/C11H14FNO/c1-11(2,12)8-3-4-9-10(7-8)14-6-5-13-9/h3-4,7,13H,5-6H2,1-2H3. The molecular weight excluding hydrogens is 181 g/mol. The fraction of sp³-hybridized carbons (Fsp3) is 0.455. The lowest BCUT2D eigenvalue weighted by molar-refractivity contribution is 0.220. The predicted molar refractivity (Wildman–Crippen MR) is 54.6 cm³/mol. The Balaban J connectivity index is 2.39. The second kappa shape index (κ2) is 3.15. The molecule has 1 N–H and O–H groups in total. The Kier molecular flexibility index (Phi) is 2.10. The molecule has 1 aliphatic heterocycles. The van der Waals surface area contributed by atoms with E-state index in [1.54, 1.807) is 26.0 Å². The van der Waals surface area contributed by atoms with Crippen molar-refractivity contribution < 1.29 is 9.13 Å². The summed E-state index contributed by atoms with van der Waals surface area (Å²) in [6.45, 7) is 4.55. The zero-order chi connectivity index (χ0) is 10.2. The van der Waals surface area contributed by atoms with Crippen LogP contribution in [0.15, 0.2) is 18.2 Å². The molecule has 2 nitrogen and oxygen atoms in total. The molecule has 14 heavy (non-hydrogen) atoms. The number of halogens is 1. The van der Waals surface area contributed by atoms with Gasteiger partial charge in [-0.3, -0.25) is 0 Å². The lowest BCUT2D eigenvalue weighted by atomic mass is 9.99. The van der Waals surface area contributed by atoms with Crippen molar-refractivity contribution in [2.45, 2.75) is 19.5 Å². The molecule has 0 amide bonds. The first-order valence-corrected chi connectivity index (χ1v) is 4.77. The molecule has 1 heterocycles. The molecule has 0 saturated carbocycles. The van der Waals surface area contributed by atoms with Crippen LogP contribution in [0.2, 0.25) is 0 Å². The summed E-state index contributed by atoms with van der Waals surface area (Å²) in [5, 5.41) is 3.19. The molecule has 0 spiro atoms. The van der Waals surface area contributed by atoms with Crippen molar-refractivity contribution in [1.82, 2.24) is 0 Å². The van der Waals surface area contributed by atoms with Crippen LogP contribution in [0.1, 0.15) is 19.4 Å². The molecule has 0 radical (unpaired) electrons. The van der Waals surface area contributed by atoms with Gasteiger partial charge in [0.1, 0.15) is 18.0 Å². The van der Waals surface area contributed by atoms with Gasteiger partial charge in [-0.15, -0.1) is 0 Å². The zero-order valence-electron chi connectivity index (χ0n) is 8.43. The summed E-state index contributed by atoms with van der Waals surface area (Å²) < 4.78 is 19.0. The Morgan fingerprint density at radius 1 is 1.43 bits per heavy atom. The van der Waals surface area contributed by atoms with Crippen LogP contribution in [0.3, 0.4) is 0 Å². The maximum absolute atomic E-state index is 13.6. The van der Waals surface area contributed by atoms with Gasteiger partial charge in [-0.25, -0.2) is 4.39 Å². The van der Waals surface area contributed by atoms with Gasteiger partial charge in [-0.1, -0.05) is 6.07 Å². The second-order valence-corrected chi connectivity index (χ2v) is 3.96. The second-order valence-electron chi connectivity index (χ2n) is 3.96. The van der Waals surface area contributed by atoms with Gasteiger partial charge in [0.05, 0.1) is 5.69 Å². The highest BCUT2D eigenvalue weighted by atomic mass is 19.1. The number of fused-ring (bicyclic) bond motifs is 1. The average Bonchev–Trinajstić information content (AvgIpc) is 2.16. The van der Waals surface area contributed by atoms with Gasteiger partial charge in [0, 0.05) is 6.54 Å². The molecule has 1 aromatic carbocycles. The molecule has 76 valence electrons. The first-order chi connectivity index (χ1) is 6.57. The SMILES string of the molecule is CC(C)(F)c1ccc2c(c1)OCCN2. The predicted octanol–water partition coefficient (Wildman–Crippen LogP) is 2.70. The highest BCUT2D eigenvalue weighted by molar-refractivity contribution is 5.59. The molecule has 0 bridgehead atoms. The van der Waals surface area contributed by atoms with E-state index in [-0.39, 0.29) is 0 Å². The topological polar surface area (TPSA) is 21.3 Å². The van der Waals surface area contributed by atoms with Gasteiger partial charge in [0.2, 0.25) is 0 Å². The van der Waals surface area contributed by atoms with Crippen LogP contribution in [0.25, 0.3) is 0 Å². The van der Waals surface area contributed by atoms with E-state index in [1.807, 2.05) is 6.07 Å². The monoisotopic (exact) mass is 195 g/mol. The molecule has 3 heteroatoms. The van der Waals surface area contributed by atoms with E-state index in [2.05, 4.69) is 5.32 Å². The number of rotatable bonds is 1. The molecule has 0 aromatic heterocycles. The number of hydrogen-bond donors (Lipinski definition) is 1. The maximum atomic E-state index is 13.6. The number of anilines is 1. The minimum Gasteiger partial charge on any atom is -0.490 e. The Morgan fingerprint density at radius 2 is 2.21 bits per heavy atom. The van der Waals surface area contributed by atoms with Crippen molar-refractivity contribution in [2.24, 2.45) is 0 Å². The quantitative estimate of drug-likeness (QED) is 0.743. The minimum atomic E-state index is -1.31. The summed E-state index contributed by atoms with van der Waals surface area (Å²) in [4.78, 5) is 0. The molecule has 2 rings (SSSR count). The largest absolute Gasteiger partial charge is 0.490 e. The van der Waals surface area contributed by atoms with E-state index in [0.717, 1.165) is 18.0 Å². The smallest absolute Gasteiger partial charge is 0.142 e. The number of hydrogen-bond acceptors (Lipinski definition) is 2. The van der Waals surface area contributed by atoms with E-state index >= 15 is 0 Å². The van der Waals surface area contributed by atoms with Crippen LogP contribution in [-0.4, -0.2) is 13.2 Å². The number of ether oxygens (including phenoxy) is 1. The third-order valence-electron chi connectivity index (χ3n) is 2.34. The van der Waals surface area contributed by atoms with Crippen LogP contribution < -0.4 is 10.1 Å². The van der Waals surface area contributed by atoms with Crippen molar-refractivity contribution >= 4 is 5.69 Å². The minimum absolute atomic E-state index is 0.642. The lowest BCUT2D eigenvalue weighted by Gasteiger charge is -2.22. The summed E-state index contributed by atoms with van der Waals surface area (Å²) in [5.74, 6) is 0.750. The van der Waals surface area contributed by atoms with E-state index in [9.17, 15) is 4.39 Å². The van der Waals surface area contributed by atoms with Crippen LogP contribution in [-0.2, 0) is 5.67 Å². The number of alkyl halides is 1. The summed E-state index contributed by atoms with van der Waals surface area (Å²) in [5.41, 5.74) is 0.291. The van der Waals surface area contributed by atoms with Crippen molar-refractivity contribution in [3.05, 3.63) is 23.8 Å². The van der Waals surface area contributed by atoms with Gasteiger partial charge >= 0.3 is 0 Å². The summed E-state index contributed by atoms with van der Waals surface area (Å²) in [6, 6.07) is 5.42. The zero-order valence-corrected chi connectivity index (χ0v) is 8.43. The normalized spacial score (nSPS) is 15.4.